The lowest BCUT2D eigenvalue weighted by Crippen LogP contribution is -2.45. The zero-order chi connectivity index (χ0) is 15.8. The predicted octanol–water partition coefficient (Wildman–Crippen LogP) is 1.78. The SMILES string of the molecule is C=C(C)C(=O)OC([C@@H]1COC(C)(C)O1)[C@H]1COC(C)(C)O1. The van der Waals surface area contributed by atoms with Crippen molar-refractivity contribution < 1.29 is 28.5 Å². The van der Waals surface area contributed by atoms with Crippen molar-refractivity contribution in [1.82, 2.24) is 0 Å². The van der Waals surface area contributed by atoms with E-state index in [0.717, 1.165) is 0 Å². The Bertz CT molecular complexity index is 402. The summed E-state index contributed by atoms with van der Waals surface area (Å²) in [6, 6.07) is 0. The molecule has 0 aliphatic carbocycles. The highest BCUT2D eigenvalue weighted by Gasteiger charge is 2.47. The van der Waals surface area contributed by atoms with Crippen molar-refractivity contribution in [3.05, 3.63) is 12.2 Å². The van der Waals surface area contributed by atoms with Gasteiger partial charge in [0.25, 0.3) is 0 Å². The van der Waals surface area contributed by atoms with Crippen LogP contribution in [-0.2, 0) is 28.5 Å². The van der Waals surface area contributed by atoms with E-state index in [-0.39, 0.29) is 0 Å². The van der Waals surface area contributed by atoms with Crippen molar-refractivity contribution >= 4 is 5.97 Å². The minimum absolute atomic E-state index is 0.330. The first-order valence-corrected chi connectivity index (χ1v) is 7.10. The Hall–Kier alpha value is -0.950. The molecule has 6 heteroatoms. The summed E-state index contributed by atoms with van der Waals surface area (Å²) in [5, 5.41) is 0. The normalized spacial score (nSPS) is 31.9. The van der Waals surface area contributed by atoms with Crippen LogP contribution in [0.25, 0.3) is 0 Å². The Kier molecular flexibility index (Phi) is 4.44. The molecule has 6 nitrogen and oxygen atoms in total. The van der Waals surface area contributed by atoms with Crippen molar-refractivity contribution in [3.63, 3.8) is 0 Å². The topological polar surface area (TPSA) is 63.2 Å². The standard InChI is InChI=1S/C15H24O6/c1-9(2)13(16)19-12(10-7-17-14(3,4)20-10)11-8-18-15(5,6)21-11/h10-12H,1,7-8H2,2-6H3/t10-,11+,12?. The smallest absolute Gasteiger partial charge is 0.333 e. The quantitative estimate of drug-likeness (QED) is 0.582. The molecule has 3 atom stereocenters. The van der Waals surface area contributed by atoms with Crippen molar-refractivity contribution in [2.24, 2.45) is 0 Å². The van der Waals surface area contributed by atoms with Crippen LogP contribution in [0, 0.1) is 0 Å². The maximum absolute atomic E-state index is 11.9. The molecule has 0 aromatic heterocycles. The Balaban J connectivity index is 2.11. The van der Waals surface area contributed by atoms with Gasteiger partial charge in [-0.3, -0.25) is 0 Å². The van der Waals surface area contributed by atoms with E-state index in [1.807, 2.05) is 27.7 Å². The fraction of sp³-hybridized carbons (Fsp3) is 0.800. The molecule has 2 aliphatic rings. The number of ether oxygens (including phenoxy) is 5. The summed E-state index contributed by atoms with van der Waals surface area (Å²) in [7, 11) is 0. The Morgan fingerprint density at radius 3 is 1.81 bits per heavy atom. The van der Waals surface area contributed by atoms with Crippen molar-refractivity contribution in [1.29, 1.82) is 0 Å². The number of rotatable bonds is 4. The molecule has 2 heterocycles. The minimum atomic E-state index is -0.701. The van der Waals surface area contributed by atoms with Gasteiger partial charge >= 0.3 is 5.97 Å². The van der Waals surface area contributed by atoms with Gasteiger partial charge in [-0.1, -0.05) is 6.58 Å². The van der Waals surface area contributed by atoms with Crippen LogP contribution < -0.4 is 0 Å². The van der Waals surface area contributed by atoms with Crippen LogP contribution in [-0.4, -0.2) is 49.1 Å². The van der Waals surface area contributed by atoms with Gasteiger partial charge in [0.05, 0.1) is 13.2 Å². The van der Waals surface area contributed by atoms with Gasteiger partial charge in [-0.25, -0.2) is 4.79 Å². The summed E-state index contributed by atoms with van der Waals surface area (Å²) in [4.78, 5) is 11.9. The van der Waals surface area contributed by atoms with Gasteiger partial charge in [0.15, 0.2) is 17.7 Å². The monoisotopic (exact) mass is 300 g/mol. The van der Waals surface area contributed by atoms with Gasteiger partial charge in [0.1, 0.15) is 12.2 Å². The zero-order valence-corrected chi connectivity index (χ0v) is 13.3. The highest BCUT2D eigenvalue weighted by Crippen LogP contribution is 2.32. The van der Waals surface area contributed by atoms with E-state index in [2.05, 4.69) is 6.58 Å². The van der Waals surface area contributed by atoms with Gasteiger partial charge < -0.3 is 23.7 Å². The van der Waals surface area contributed by atoms with E-state index in [1.54, 1.807) is 6.92 Å². The van der Waals surface area contributed by atoms with E-state index in [0.29, 0.717) is 18.8 Å². The third-order valence-electron chi connectivity index (χ3n) is 3.39. The molecule has 2 rings (SSSR count). The first kappa shape index (κ1) is 16.4. The lowest BCUT2D eigenvalue weighted by atomic mass is 10.1. The molecular formula is C15H24O6. The van der Waals surface area contributed by atoms with Crippen LogP contribution in [0.1, 0.15) is 34.6 Å². The second kappa shape index (κ2) is 5.68. The summed E-state index contributed by atoms with van der Waals surface area (Å²) < 4.78 is 28.2. The highest BCUT2D eigenvalue weighted by molar-refractivity contribution is 5.87. The van der Waals surface area contributed by atoms with Gasteiger partial charge in [0.2, 0.25) is 0 Å². The predicted molar refractivity (Wildman–Crippen MR) is 74.5 cm³/mol. The summed E-state index contributed by atoms with van der Waals surface area (Å²) >= 11 is 0. The first-order chi connectivity index (χ1) is 9.60. The van der Waals surface area contributed by atoms with Crippen LogP contribution >= 0.6 is 0 Å². The van der Waals surface area contributed by atoms with Gasteiger partial charge in [-0.2, -0.15) is 0 Å². The summed E-state index contributed by atoms with van der Waals surface area (Å²) in [6.07, 6.45) is -1.39. The van der Waals surface area contributed by atoms with E-state index < -0.39 is 35.9 Å². The van der Waals surface area contributed by atoms with Gasteiger partial charge in [0, 0.05) is 5.57 Å². The second-order valence-corrected chi connectivity index (χ2v) is 6.38. The third-order valence-corrected chi connectivity index (χ3v) is 3.39. The molecule has 0 saturated carbocycles. The Labute approximate surface area is 125 Å². The summed E-state index contributed by atoms with van der Waals surface area (Å²) in [5.74, 6) is -1.87. The van der Waals surface area contributed by atoms with E-state index in [4.69, 9.17) is 23.7 Å². The molecule has 0 radical (unpaired) electrons. The lowest BCUT2D eigenvalue weighted by Gasteiger charge is -2.28. The molecular weight excluding hydrogens is 276 g/mol. The first-order valence-electron chi connectivity index (χ1n) is 7.10. The molecule has 0 aromatic carbocycles. The van der Waals surface area contributed by atoms with Crippen molar-refractivity contribution in [2.45, 2.75) is 64.5 Å². The van der Waals surface area contributed by atoms with Crippen LogP contribution in [0.3, 0.4) is 0 Å². The summed E-state index contributed by atoms with van der Waals surface area (Å²) in [5.41, 5.74) is 0.330. The maximum atomic E-state index is 11.9. The lowest BCUT2D eigenvalue weighted by molar-refractivity contribution is -0.192. The van der Waals surface area contributed by atoms with Crippen LogP contribution in [0.2, 0.25) is 0 Å². The van der Waals surface area contributed by atoms with Crippen LogP contribution in [0.15, 0.2) is 12.2 Å². The molecule has 0 N–H and O–H groups in total. The molecule has 2 saturated heterocycles. The number of hydrogen-bond acceptors (Lipinski definition) is 6. The summed E-state index contributed by atoms with van der Waals surface area (Å²) in [6.45, 7) is 13.2. The van der Waals surface area contributed by atoms with Crippen LogP contribution in [0.5, 0.6) is 0 Å². The molecule has 0 spiro atoms. The number of esters is 1. The minimum Gasteiger partial charge on any atom is -0.453 e. The van der Waals surface area contributed by atoms with Crippen molar-refractivity contribution in [2.75, 3.05) is 13.2 Å². The largest absolute Gasteiger partial charge is 0.453 e. The Morgan fingerprint density at radius 1 is 1.10 bits per heavy atom. The fourth-order valence-corrected chi connectivity index (χ4v) is 2.37. The van der Waals surface area contributed by atoms with Crippen LogP contribution in [0.4, 0.5) is 0 Å². The van der Waals surface area contributed by atoms with E-state index in [9.17, 15) is 4.79 Å². The average Bonchev–Trinajstić information content (AvgIpc) is 2.88. The average molecular weight is 300 g/mol. The third kappa shape index (κ3) is 4.03. The molecule has 0 amide bonds. The Morgan fingerprint density at radius 2 is 1.52 bits per heavy atom. The fourth-order valence-electron chi connectivity index (χ4n) is 2.37. The molecule has 0 bridgehead atoms. The molecule has 2 aliphatic heterocycles. The van der Waals surface area contributed by atoms with Crippen molar-refractivity contribution in [3.8, 4) is 0 Å². The van der Waals surface area contributed by atoms with Gasteiger partial charge in [-0.05, 0) is 34.6 Å². The molecule has 2 fully saturated rings. The van der Waals surface area contributed by atoms with E-state index in [1.165, 1.54) is 0 Å². The molecule has 0 aromatic rings. The number of hydrogen-bond donors (Lipinski definition) is 0. The molecule has 1 unspecified atom stereocenters. The number of carbonyl (C=O) groups is 1. The number of carbonyl (C=O) groups excluding carboxylic acids is 1. The second-order valence-electron chi connectivity index (χ2n) is 6.38. The molecule has 21 heavy (non-hydrogen) atoms. The maximum Gasteiger partial charge on any atom is 0.333 e. The highest BCUT2D eigenvalue weighted by atomic mass is 16.8. The zero-order valence-electron chi connectivity index (χ0n) is 13.3. The van der Waals surface area contributed by atoms with Gasteiger partial charge in [-0.15, -0.1) is 0 Å². The van der Waals surface area contributed by atoms with E-state index >= 15 is 0 Å². The molecule has 120 valence electrons.